The van der Waals surface area contributed by atoms with Gasteiger partial charge in [-0.2, -0.15) is 5.10 Å². The Kier molecular flexibility index (Phi) is 7.24. The number of amidine groups is 1. The smallest absolute Gasteiger partial charge is 0.267 e. The number of thioether (sulfide) groups is 1. The second-order valence-corrected chi connectivity index (χ2v) is 8.52. The van der Waals surface area contributed by atoms with Gasteiger partial charge in [-0.25, -0.2) is 0 Å². The van der Waals surface area contributed by atoms with Crippen molar-refractivity contribution in [1.82, 2.24) is 4.90 Å². The number of rotatable bonds is 7. The second kappa shape index (κ2) is 10.5. The topological polar surface area (TPSA) is 108 Å². The van der Waals surface area contributed by atoms with Crippen LogP contribution in [0.5, 0.6) is 17.2 Å². The summed E-state index contributed by atoms with van der Waals surface area (Å²) in [6.07, 6.45) is 4.58. The van der Waals surface area contributed by atoms with Gasteiger partial charge in [0.15, 0.2) is 16.7 Å². The molecule has 1 aliphatic heterocycles. The Morgan fingerprint density at radius 3 is 2.76 bits per heavy atom. The summed E-state index contributed by atoms with van der Waals surface area (Å²) in [5, 5.41) is 29.1. The first-order valence-corrected chi connectivity index (χ1v) is 11.4. The van der Waals surface area contributed by atoms with E-state index >= 15 is 0 Å². The third kappa shape index (κ3) is 5.44. The molecule has 2 aromatic carbocycles. The van der Waals surface area contributed by atoms with Crippen molar-refractivity contribution in [3.8, 4) is 17.2 Å². The lowest BCUT2D eigenvalue weighted by atomic mass is 10.2. The molecule has 174 valence electrons. The van der Waals surface area contributed by atoms with Gasteiger partial charge in [-0.05, 0) is 78.9 Å². The van der Waals surface area contributed by atoms with Crippen LogP contribution in [-0.2, 0) is 11.3 Å². The number of aromatic hydroxyl groups is 2. The molecule has 0 spiro atoms. The molecule has 0 bridgehead atoms. The van der Waals surface area contributed by atoms with E-state index in [1.54, 1.807) is 42.5 Å². The van der Waals surface area contributed by atoms with Gasteiger partial charge in [-0.1, -0.05) is 11.6 Å². The summed E-state index contributed by atoms with van der Waals surface area (Å²) in [5.74, 6) is 0.653. The van der Waals surface area contributed by atoms with E-state index in [9.17, 15) is 15.0 Å². The first-order chi connectivity index (χ1) is 16.4. The summed E-state index contributed by atoms with van der Waals surface area (Å²) in [6, 6.07) is 12.9. The van der Waals surface area contributed by atoms with Gasteiger partial charge in [0.25, 0.3) is 5.91 Å². The molecule has 0 radical (unpaired) electrons. The lowest BCUT2D eigenvalue weighted by molar-refractivity contribution is -0.122. The first-order valence-electron chi connectivity index (χ1n) is 10.2. The molecule has 3 aromatic rings. The largest absolute Gasteiger partial charge is 0.507 e. The monoisotopic (exact) mass is 497 g/mol. The fraction of sp³-hybridized carbons (Fsp3) is 0.125. The molecule has 1 saturated heterocycles. The molecule has 0 saturated carbocycles. The van der Waals surface area contributed by atoms with Crippen LogP contribution in [0.3, 0.4) is 0 Å². The van der Waals surface area contributed by atoms with Crippen molar-refractivity contribution >= 4 is 46.7 Å². The van der Waals surface area contributed by atoms with Crippen molar-refractivity contribution in [2.75, 3.05) is 6.61 Å². The molecular weight excluding hydrogens is 478 g/mol. The highest BCUT2D eigenvalue weighted by Crippen LogP contribution is 2.35. The highest BCUT2D eigenvalue weighted by atomic mass is 35.5. The standard InChI is InChI=1S/C24H20ClN3O5S/c1-2-32-21-10-15(5-7-20(21)30)13-26-27-24-28(14-18-4-3-9-33-18)23(31)22(34-24)12-16-11-17(25)6-8-19(16)29/h3-13,29-30H,2,14H2,1H3/b22-12-,26-13-,27-24+. The molecule has 2 N–H and O–H groups in total. The number of carbonyl (C=O) groups excluding carboxylic acids is 1. The van der Waals surface area contributed by atoms with Crippen molar-refractivity contribution in [2.45, 2.75) is 13.5 Å². The van der Waals surface area contributed by atoms with Crippen molar-refractivity contribution < 1.29 is 24.2 Å². The van der Waals surface area contributed by atoms with Crippen LogP contribution in [0.25, 0.3) is 6.08 Å². The van der Waals surface area contributed by atoms with Crippen LogP contribution in [0.15, 0.2) is 74.3 Å². The maximum absolute atomic E-state index is 13.1. The van der Waals surface area contributed by atoms with Gasteiger partial charge < -0.3 is 19.4 Å². The molecule has 2 heterocycles. The highest BCUT2D eigenvalue weighted by Gasteiger charge is 2.34. The van der Waals surface area contributed by atoms with Gasteiger partial charge in [-0.3, -0.25) is 9.69 Å². The predicted octanol–water partition coefficient (Wildman–Crippen LogP) is 5.25. The Labute approximate surface area is 204 Å². The lowest BCUT2D eigenvalue weighted by Crippen LogP contribution is -2.28. The van der Waals surface area contributed by atoms with Crippen molar-refractivity contribution in [3.63, 3.8) is 0 Å². The van der Waals surface area contributed by atoms with Crippen LogP contribution in [0.4, 0.5) is 0 Å². The zero-order valence-corrected chi connectivity index (χ0v) is 19.6. The molecule has 1 aliphatic rings. The minimum absolute atomic E-state index is 0.00345. The third-order valence-electron chi connectivity index (χ3n) is 4.69. The van der Waals surface area contributed by atoms with Crippen LogP contribution in [0.2, 0.25) is 5.02 Å². The van der Waals surface area contributed by atoms with Gasteiger partial charge >= 0.3 is 0 Å². The summed E-state index contributed by atoms with van der Waals surface area (Å²) in [5.41, 5.74) is 1.08. The quantitative estimate of drug-likeness (QED) is 0.262. The molecule has 10 heteroatoms. The molecule has 1 aromatic heterocycles. The molecule has 1 fully saturated rings. The molecule has 0 aliphatic carbocycles. The SMILES string of the molecule is CCOc1cc(/C=N\N=C2\S/C(=C\c3cc(Cl)ccc3O)C(=O)N2Cc2ccco2)ccc1O. The summed E-state index contributed by atoms with van der Waals surface area (Å²) in [4.78, 5) is 14.9. The third-order valence-corrected chi connectivity index (χ3v) is 5.92. The van der Waals surface area contributed by atoms with Crippen molar-refractivity contribution in [1.29, 1.82) is 0 Å². The molecule has 0 atom stereocenters. The van der Waals surface area contributed by atoms with E-state index in [4.69, 9.17) is 20.8 Å². The summed E-state index contributed by atoms with van der Waals surface area (Å²) < 4.78 is 10.8. The predicted molar refractivity (Wildman–Crippen MR) is 132 cm³/mol. The van der Waals surface area contributed by atoms with Crippen LogP contribution < -0.4 is 4.74 Å². The van der Waals surface area contributed by atoms with Crippen LogP contribution in [-0.4, -0.2) is 39.0 Å². The maximum Gasteiger partial charge on any atom is 0.267 e. The second-order valence-electron chi connectivity index (χ2n) is 7.07. The fourth-order valence-electron chi connectivity index (χ4n) is 3.09. The number of furan rings is 1. The van der Waals surface area contributed by atoms with E-state index in [0.29, 0.717) is 44.3 Å². The molecule has 1 amide bonds. The highest BCUT2D eigenvalue weighted by molar-refractivity contribution is 8.18. The Bertz CT molecular complexity index is 1290. The van der Waals surface area contributed by atoms with E-state index < -0.39 is 0 Å². The average molecular weight is 498 g/mol. The van der Waals surface area contributed by atoms with Gasteiger partial charge in [0.2, 0.25) is 0 Å². The molecule has 0 unspecified atom stereocenters. The first kappa shape index (κ1) is 23.5. The summed E-state index contributed by atoms with van der Waals surface area (Å²) in [6.45, 7) is 2.40. The number of hydrogen-bond acceptors (Lipinski definition) is 8. The number of amides is 1. The molecule has 34 heavy (non-hydrogen) atoms. The number of phenols is 2. The molecule has 8 nitrogen and oxygen atoms in total. The lowest BCUT2D eigenvalue weighted by Gasteiger charge is -2.12. The minimum Gasteiger partial charge on any atom is -0.507 e. The zero-order chi connectivity index (χ0) is 24.1. The number of benzene rings is 2. The van der Waals surface area contributed by atoms with Gasteiger partial charge in [0.05, 0.1) is 30.5 Å². The minimum atomic E-state index is -0.307. The van der Waals surface area contributed by atoms with Crippen LogP contribution in [0.1, 0.15) is 23.8 Å². The maximum atomic E-state index is 13.1. The average Bonchev–Trinajstić information content (AvgIpc) is 3.43. The Morgan fingerprint density at radius 1 is 1.18 bits per heavy atom. The number of carbonyl (C=O) groups is 1. The number of halogens is 1. The zero-order valence-electron chi connectivity index (χ0n) is 18.0. The number of ether oxygens (including phenoxy) is 1. The number of nitrogens with zero attached hydrogens (tertiary/aromatic N) is 3. The normalized spacial score (nSPS) is 16.3. The molecular formula is C24H20ClN3O5S. The summed E-state index contributed by atoms with van der Waals surface area (Å²) >= 11 is 7.16. The van der Waals surface area contributed by atoms with E-state index in [0.717, 1.165) is 11.8 Å². The van der Waals surface area contributed by atoms with Gasteiger partial charge in [0, 0.05) is 10.6 Å². The Balaban J connectivity index is 1.63. The van der Waals surface area contributed by atoms with E-state index in [-0.39, 0.29) is 24.0 Å². The van der Waals surface area contributed by atoms with E-state index in [1.165, 1.54) is 29.5 Å². The van der Waals surface area contributed by atoms with Crippen LogP contribution >= 0.6 is 23.4 Å². The van der Waals surface area contributed by atoms with E-state index in [2.05, 4.69) is 10.2 Å². The molecule has 4 rings (SSSR count). The van der Waals surface area contributed by atoms with E-state index in [1.807, 2.05) is 6.92 Å². The van der Waals surface area contributed by atoms with Crippen LogP contribution in [0, 0.1) is 0 Å². The van der Waals surface area contributed by atoms with Gasteiger partial charge in [0.1, 0.15) is 11.5 Å². The summed E-state index contributed by atoms with van der Waals surface area (Å²) in [7, 11) is 0. The Hall–Kier alpha value is -3.69. The van der Waals surface area contributed by atoms with Crippen molar-refractivity contribution in [2.24, 2.45) is 10.2 Å². The fourth-order valence-corrected chi connectivity index (χ4v) is 4.20. The van der Waals surface area contributed by atoms with Crippen molar-refractivity contribution in [3.05, 3.63) is 81.6 Å². The van der Waals surface area contributed by atoms with Gasteiger partial charge in [-0.15, -0.1) is 5.10 Å². The number of phenolic OH excluding ortho intramolecular Hbond substituents is 2. The Morgan fingerprint density at radius 2 is 2.00 bits per heavy atom. The number of hydrogen-bond donors (Lipinski definition) is 2.